The number of rotatable bonds is 6. The summed E-state index contributed by atoms with van der Waals surface area (Å²) in [5.74, 6) is 0. The third-order valence-corrected chi connectivity index (χ3v) is 3.05. The van der Waals surface area contributed by atoms with Gasteiger partial charge in [0.1, 0.15) is 0 Å². The van der Waals surface area contributed by atoms with Gasteiger partial charge in [-0.15, -0.1) is 6.58 Å². The Morgan fingerprint density at radius 2 is 2.20 bits per heavy atom. The Labute approximate surface area is 93.5 Å². The van der Waals surface area contributed by atoms with E-state index in [9.17, 15) is 0 Å². The summed E-state index contributed by atoms with van der Waals surface area (Å²) in [6.45, 7) is 10.2. The summed E-state index contributed by atoms with van der Waals surface area (Å²) in [5.41, 5.74) is 0. The minimum absolute atomic E-state index is 0.431. The third kappa shape index (κ3) is 4.78. The number of hydrogen-bond acceptors (Lipinski definition) is 3. The Morgan fingerprint density at radius 1 is 1.53 bits per heavy atom. The van der Waals surface area contributed by atoms with Crippen molar-refractivity contribution in [3.8, 4) is 0 Å². The molecule has 0 radical (unpaired) electrons. The van der Waals surface area contributed by atoms with Crippen molar-refractivity contribution in [2.45, 2.75) is 31.8 Å². The van der Waals surface area contributed by atoms with Crippen LogP contribution in [0.1, 0.15) is 19.8 Å². The molecule has 1 unspecified atom stereocenters. The van der Waals surface area contributed by atoms with Crippen molar-refractivity contribution >= 4 is 0 Å². The summed E-state index contributed by atoms with van der Waals surface area (Å²) in [6, 6.07) is 1.09. The van der Waals surface area contributed by atoms with Gasteiger partial charge in [-0.1, -0.05) is 6.08 Å². The van der Waals surface area contributed by atoms with Crippen LogP contribution in [0.25, 0.3) is 0 Å². The van der Waals surface area contributed by atoms with Gasteiger partial charge in [0.05, 0.1) is 6.61 Å². The third-order valence-electron chi connectivity index (χ3n) is 3.05. The van der Waals surface area contributed by atoms with Gasteiger partial charge >= 0.3 is 0 Å². The first-order valence-corrected chi connectivity index (χ1v) is 5.86. The first-order valence-electron chi connectivity index (χ1n) is 5.86. The van der Waals surface area contributed by atoms with Crippen molar-refractivity contribution in [1.82, 2.24) is 10.2 Å². The molecule has 0 aromatic carbocycles. The van der Waals surface area contributed by atoms with Crippen LogP contribution in [0.3, 0.4) is 0 Å². The number of methoxy groups -OCH3 is 1. The summed E-state index contributed by atoms with van der Waals surface area (Å²) in [6.07, 6.45) is 4.45. The van der Waals surface area contributed by atoms with Gasteiger partial charge in [-0.25, -0.2) is 0 Å². The van der Waals surface area contributed by atoms with Crippen molar-refractivity contribution in [3.63, 3.8) is 0 Å². The highest BCUT2D eigenvalue weighted by Gasteiger charge is 2.18. The Morgan fingerprint density at radius 3 is 2.73 bits per heavy atom. The molecule has 0 bridgehead atoms. The van der Waals surface area contributed by atoms with Crippen LogP contribution in [-0.4, -0.2) is 50.3 Å². The molecule has 0 aromatic rings. The van der Waals surface area contributed by atoms with Crippen LogP contribution in [0, 0.1) is 0 Å². The highest BCUT2D eigenvalue weighted by atomic mass is 16.5. The highest BCUT2D eigenvalue weighted by molar-refractivity contribution is 4.86. The van der Waals surface area contributed by atoms with Gasteiger partial charge < -0.3 is 15.0 Å². The van der Waals surface area contributed by atoms with E-state index in [1.165, 1.54) is 25.9 Å². The molecule has 3 nitrogen and oxygen atoms in total. The predicted octanol–water partition coefficient (Wildman–Crippen LogP) is 1.26. The van der Waals surface area contributed by atoms with Gasteiger partial charge in [-0.05, 0) is 32.9 Å². The van der Waals surface area contributed by atoms with Crippen LogP contribution in [0.2, 0.25) is 0 Å². The predicted molar refractivity (Wildman–Crippen MR) is 64.1 cm³/mol. The Kier molecular flexibility index (Phi) is 5.91. The zero-order valence-electron chi connectivity index (χ0n) is 10.0. The SMILES string of the molecule is C=CC(C)NC1CCN(CCOC)CC1. The first kappa shape index (κ1) is 12.7. The molecule has 1 atom stereocenters. The largest absolute Gasteiger partial charge is 0.383 e. The van der Waals surface area contributed by atoms with Gasteiger partial charge in [0.2, 0.25) is 0 Å². The summed E-state index contributed by atoms with van der Waals surface area (Å²) >= 11 is 0. The zero-order valence-corrected chi connectivity index (χ0v) is 10.0. The summed E-state index contributed by atoms with van der Waals surface area (Å²) in [5, 5.41) is 3.57. The lowest BCUT2D eigenvalue weighted by Gasteiger charge is -2.33. The van der Waals surface area contributed by atoms with Crippen LogP contribution in [0.15, 0.2) is 12.7 Å². The second-order valence-corrected chi connectivity index (χ2v) is 4.30. The molecular weight excluding hydrogens is 188 g/mol. The van der Waals surface area contributed by atoms with Crippen molar-refractivity contribution in [2.24, 2.45) is 0 Å². The second-order valence-electron chi connectivity index (χ2n) is 4.30. The number of nitrogens with zero attached hydrogens (tertiary/aromatic N) is 1. The van der Waals surface area contributed by atoms with E-state index in [2.05, 4.69) is 23.7 Å². The van der Waals surface area contributed by atoms with Crippen molar-refractivity contribution < 1.29 is 4.74 Å². The second kappa shape index (κ2) is 6.99. The Hall–Kier alpha value is -0.380. The number of piperidine rings is 1. The minimum Gasteiger partial charge on any atom is -0.383 e. The molecule has 15 heavy (non-hydrogen) atoms. The van der Waals surface area contributed by atoms with E-state index >= 15 is 0 Å². The lowest BCUT2D eigenvalue weighted by molar-refractivity contribution is 0.125. The fraction of sp³-hybridized carbons (Fsp3) is 0.833. The summed E-state index contributed by atoms with van der Waals surface area (Å²) < 4.78 is 5.08. The molecule has 1 rings (SSSR count). The molecule has 1 aliphatic rings. The van der Waals surface area contributed by atoms with E-state index < -0.39 is 0 Å². The average Bonchev–Trinajstić information content (AvgIpc) is 2.28. The van der Waals surface area contributed by atoms with Gasteiger partial charge in [0, 0.05) is 25.7 Å². The molecule has 1 N–H and O–H groups in total. The number of hydrogen-bond donors (Lipinski definition) is 1. The van der Waals surface area contributed by atoms with Crippen LogP contribution < -0.4 is 5.32 Å². The molecule has 88 valence electrons. The smallest absolute Gasteiger partial charge is 0.0589 e. The standard InChI is InChI=1S/C12H24N2O/c1-4-11(2)13-12-5-7-14(8-6-12)9-10-15-3/h4,11-13H,1,5-10H2,2-3H3. The maximum Gasteiger partial charge on any atom is 0.0589 e. The molecule has 1 heterocycles. The lowest BCUT2D eigenvalue weighted by Crippen LogP contribution is -2.45. The van der Waals surface area contributed by atoms with E-state index in [1.807, 2.05) is 6.08 Å². The molecule has 0 amide bonds. The van der Waals surface area contributed by atoms with Crippen LogP contribution >= 0.6 is 0 Å². The first-order chi connectivity index (χ1) is 7.26. The molecule has 0 aromatic heterocycles. The van der Waals surface area contributed by atoms with Crippen molar-refractivity contribution in [1.29, 1.82) is 0 Å². The maximum absolute atomic E-state index is 5.08. The Bertz CT molecular complexity index is 176. The normalized spacial score (nSPS) is 21.5. The quantitative estimate of drug-likeness (QED) is 0.671. The van der Waals surface area contributed by atoms with Crippen LogP contribution in [0.4, 0.5) is 0 Å². The van der Waals surface area contributed by atoms with Crippen molar-refractivity contribution in [3.05, 3.63) is 12.7 Å². The number of ether oxygens (including phenoxy) is 1. The maximum atomic E-state index is 5.08. The van der Waals surface area contributed by atoms with E-state index in [0.29, 0.717) is 12.1 Å². The monoisotopic (exact) mass is 212 g/mol. The van der Waals surface area contributed by atoms with E-state index in [0.717, 1.165) is 13.2 Å². The van der Waals surface area contributed by atoms with Crippen LogP contribution in [0.5, 0.6) is 0 Å². The topological polar surface area (TPSA) is 24.5 Å². The minimum atomic E-state index is 0.431. The number of nitrogens with one attached hydrogen (secondary N) is 1. The highest BCUT2D eigenvalue weighted by Crippen LogP contribution is 2.10. The zero-order chi connectivity index (χ0) is 11.1. The molecule has 1 aliphatic heterocycles. The molecule has 1 fully saturated rings. The van der Waals surface area contributed by atoms with Gasteiger partial charge in [0.25, 0.3) is 0 Å². The van der Waals surface area contributed by atoms with Gasteiger partial charge in [-0.2, -0.15) is 0 Å². The molecular formula is C12H24N2O. The average molecular weight is 212 g/mol. The van der Waals surface area contributed by atoms with E-state index in [1.54, 1.807) is 7.11 Å². The van der Waals surface area contributed by atoms with E-state index in [-0.39, 0.29) is 0 Å². The lowest BCUT2D eigenvalue weighted by atomic mass is 10.0. The van der Waals surface area contributed by atoms with Crippen molar-refractivity contribution in [2.75, 3.05) is 33.4 Å². The van der Waals surface area contributed by atoms with Crippen LogP contribution in [-0.2, 0) is 4.74 Å². The fourth-order valence-electron chi connectivity index (χ4n) is 1.98. The van der Waals surface area contributed by atoms with Gasteiger partial charge in [0.15, 0.2) is 0 Å². The fourth-order valence-corrected chi connectivity index (χ4v) is 1.98. The van der Waals surface area contributed by atoms with E-state index in [4.69, 9.17) is 4.74 Å². The summed E-state index contributed by atoms with van der Waals surface area (Å²) in [4.78, 5) is 2.47. The Balaban J connectivity index is 2.15. The molecule has 0 spiro atoms. The molecule has 0 aliphatic carbocycles. The summed E-state index contributed by atoms with van der Waals surface area (Å²) in [7, 11) is 1.76. The molecule has 1 saturated heterocycles. The number of likely N-dealkylation sites (tertiary alicyclic amines) is 1. The van der Waals surface area contributed by atoms with Gasteiger partial charge in [-0.3, -0.25) is 0 Å². The molecule has 0 saturated carbocycles. The molecule has 3 heteroatoms.